The van der Waals surface area contributed by atoms with Gasteiger partial charge in [-0.1, -0.05) is 0 Å². The predicted octanol–water partition coefficient (Wildman–Crippen LogP) is 6.20. The van der Waals surface area contributed by atoms with Gasteiger partial charge in [-0.05, 0) is 0 Å². The third-order valence-electron chi connectivity index (χ3n) is 3.68. The topological polar surface area (TPSA) is 0 Å². The number of allylic oxidation sites excluding steroid dienone is 1. The number of alkyl halides is 2. The van der Waals surface area contributed by atoms with Crippen molar-refractivity contribution < 1.29 is 8.78 Å². The van der Waals surface area contributed by atoms with Crippen molar-refractivity contribution in [3.8, 4) is 0 Å². The van der Waals surface area contributed by atoms with Crippen molar-refractivity contribution in [3.63, 3.8) is 0 Å². The van der Waals surface area contributed by atoms with Crippen LogP contribution in [0.2, 0.25) is 13.3 Å². The molecule has 0 atom stereocenters. The number of hydrogen-bond acceptors (Lipinski definition) is 0. The molecule has 18 heavy (non-hydrogen) atoms. The molecule has 0 aromatic heterocycles. The molecule has 0 rings (SSSR count). The van der Waals surface area contributed by atoms with Gasteiger partial charge in [-0.25, -0.2) is 0 Å². The van der Waals surface area contributed by atoms with Gasteiger partial charge in [0.05, 0.1) is 0 Å². The number of halogens is 2. The van der Waals surface area contributed by atoms with Crippen LogP contribution in [0.5, 0.6) is 0 Å². The molecule has 0 aromatic rings. The fraction of sp³-hybridized carbons (Fsp3) is 0.867. The quantitative estimate of drug-likeness (QED) is 0.382. The van der Waals surface area contributed by atoms with E-state index >= 15 is 0 Å². The fourth-order valence-corrected chi connectivity index (χ4v) is 16.7. The molecule has 0 bridgehead atoms. The summed E-state index contributed by atoms with van der Waals surface area (Å²) in [7, 11) is 0. The van der Waals surface area contributed by atoms with E-state index < -0.39 is 24.8 Å². The molecule has 0 fully saturated rings. The van der Waals surface area contributed by atoms with Crippen molar-refractivity contribution >= 4 is 18.4 Å². The predicted molar refractivity (Wildman–Crippen MR) is 80.0 cm³/mol. The molecule has 0 radical (unpaired) electrons. The summed E-state index contributed by atoms with van der Waals surface area (Å²) in [6.45, 7) is 6.60. The van der Waals surface area contributed by atoms with Gasteiger partial charge in [0.2, 0.25) is 0 Å². The van der Waals surface area contributed by atoms with E-state index in [2.05, 4.69) is 20.8 Å². The molecule has 0 spiro atoms. The van der Waals surface area contributed by atoms with Crippen molar-refractivity contribution in [2.75, 3.05) is 0 Å². The minimum absolute atomic E-state index is 1.19. The minimum atomic E-state index is -2.41. The summed E-state index contributed by atoms with van der Waals surface area (Å²) in [4.78, 5) is 0. The Morgan fingerprint density at radius 2 is 1.22 bits per heavy atom. The van der Waals surface area contributed by atoms with Crippen molar-refractivity contribution in [1.29, 1.82) is 0 Å². The van der Waals surface area contributed by atoms with Crippen LogP contribution in [-0.2, 0) is 0 Å². The van der Waals surface area contributed by atoms with Crippen LogP contribution in [-0.4, -0.2) is 24.8 Å². The molecule has 0 saturated carbocycles. The second-order valence-corrected chi connectivity index (χ2v) is 18.4. The van der Waals surface area contributed by atoms with Crippen molar-refractivity contribution in [2.24, 2.45) is 0 Å². The molecular weight excluding hydrogens is 337 g/mol. The number of hydrogen-bond donors (Lipinski definition) is 0. The molecule has 0 unspecified atom stereocenters. The second kappa shape index (κ2) is 11.2. The first-order valence-corrected chi connectivity index (χ1v) is 15.3. The second-order valence-electron chi connectivity index (χ2n) is 5.37. The summed E-state index contributed by atoms with van der Waals surface area (Å²) < 4.78 is 30.8. The van der Waals surface area contributed by atoms with Gasteiger partial charge in [0.25, 0.3) is 0 Å². The molecule has 0 amide bonds. The van der Waals surface area contributed by atoms with E-state index in [-0.39, 0.29) is 0 Å². The average Bonchev–Trinajstić information content (AvgIpc) is 2.37. The number of rotatable bonds is 11. The Bertz CT molecular complexity index is 193. The van der Waals surface area contributed by atoms with Crippen LogP contribution >= 0.6 is 0 Å². The van der Waals surface area contributed by atoms with E-state index in [4.69, 9.17) is 0 Å². The molecule has 0 N–H and O–H groups in total. The van der Waals surface area contributed by atoms with Crippen LogP contribution in [0.15, 0.2) is 10.2 Å². The Kier molecular flexibility index (Phi) is 11.5. The molecule has 0 nitrogen and oxygen atoms in total. The van der Waals surface area contributed by atoms with Crippen LogP contribution < -0.4 is 0 Å². The summed E-state index contributed by atoms with van der Waals surface area (Å²) in [6, 6.07) is 0. The molecule has 0 aliphatic heterocycles. The molecule has 3 heteroatoms. The summed E-state index contributed by atoms with van der Waals surface area (Å²) in [5.41, 5.74) is 0. The van der Waals surface area contributed by atoms with Crippen LogP contribution in [0.4, 0.5) is 8.78 Å². The van der Waals surface area contributed by atoms with Gasteiger partial charge in [0.15, 0.2) is 0 Å². The van der Waals surface area contributed by atoms with E-state index in [0.29, 0.717) is 0 Å². The van der Waals surface area contributed by atoms with Gasteiger partial charge >= 0.3 is 116 Å². The molecule has 0 aliphatic carbocycles. The van der Waals surface area contributed by atoms with E-state index in [1.807, 2.05) is 4.09 Å². The van der Waals surface area contributed by atoms with Gasteiger partial charge in [-0.15, -0.1) is 0 Å². The van der Waals surface area contributed by atoms with Gasteiger partial charge in [-0.2, -0.15) is 0 Å². The maximum atomic E-state index is 12.5. The Morgan fingerprint density at radius 3 is 1.50 bits per heavy atom. The Morgan fingerprint density at radius 1 is 0.833 bits per heavy atom. The standard InChI is InChI=1S/3C4H9.C3H3F2.Sn/c3*1-3-4-2;1-2-3(4)5;/h3*1,3-4H2,2H3;1-3H;. The summed E-state index contributed by atoms with van der Waals surface area (Å²) in [6.07, 6.45) is 6.23. The van der Waals surface area contributed by atoms with E-state index in [9.17, 15) is 8.78 Å². The zero-order valence-electron chi connectivity index (χ0n) is 12.4. The summed E-state index contributed by atoms with van der Waals surface area (Å²) in [5.74, 6) is 0. The third-order valence-corrected chi connectivity index (χ3v) is 17.8. The van der Waals surface area contributed by atoms with Gasteiger partial charge in [0, 0.05) is 0 Å². The van der Waals surface area contributed by atoms with Crippen LogP contribution in [0.25, 0.3) is 0 Å². The SMILES string of the molecule is CCC[CH2][Sn](/[CH]=C\C(F)F)([CH2]CCC)[CH2]CCC. The van der Waals surface area contributed by atoms with E-state index in [1.54, 1.807) is 0 Å². The normalized spacial score (nSPS) is 12.8. The molecule has 0 aliphatic rings. The zero-order chi connectivity index (χ0) is 13.9. The number of unbranched alkanes of at least 4 members (excludes halogenated alkanes) is 3. The van der Waals surface area contributed by atoms with Crippen LogP contribution in [0.3, 0.4) is 0 Å². The van der Waals surface area contributed by atoms with Crippen LogP contribution in [0.1, 0.15) is 59.3 Å². The van der Waals surface area contributed by atoms with Crippen LogP contribution in [0, 0.1) is 0 Å². The van der Waals surface area contributed by atoms with E-state index in [1.165, 1.54) is 57.9 Å². The van der Waals surface area contributed by atoms with Gasteiger partial charge in [0.1, 0.15) is 0 Å². The molecular formula is C15H30F2Sn. The van der Waals surface area contributed by atoms with Crippen molar-refractivity contribution in [1.82, 2.24) is 0 Å². The summed E-state index contributed by atoms with van der Waals surface area (Å²) >= 11 is -2.41. The first-order chi connectivity index (χ1) is 8.60. The third kappa shape index (κ3) is 8.49. The monoisotopic (exact) mass is 368 g/mol. The Balaban J connectivity index is 4.72. The van der Waals surface area contributed by atoms with Crippen molar-refractivity contribution in [3.05, 3.63) is 10.2 Å². The first kappa shape index (κ1) is 18.4. The summed E-state index contributed by atoms with van der Waals surface area (Å²) in [5, 5.41) is 0. The first-order valence-electron chi connectivity index (χ1n) is 7.57. The fourth-order valence-electron chi connectivity index (χ4n) is 2.49. The van der Waals surface area contributed by atoms with Gasteiger partial charge < -0.3 is 0 Å². The zero-order valence-corrected chi connectivity index (χ0v) is 15.2. The van der Waals surface area contributed by atoms with Crippen molar-refractivity contribution in [2.45, 2.75) is 79.0 Å². The molecule has 0 saturated heterocycles. The molecule has 0 aromatic carbocycles. The van der Waals surface area contributed by atoms with Gasteiger partial charge in [-0.3, -0.25) is 0 Å². The molecule has 108 valence electrons. The van der Waals surface area contributed by atoms with E-state index in [0.717, 1.165) is 0 Å². The Labute approximate surface area is 116 Å². The average molecular weight is 367 g/mol. The molecule has 0 heterocycles. The Hall–Kier alpha value is 0.399. The maximum absolute atomic E-state index is 12.5.